The van der Waals surface area contributed by atoms with E-state index in [9.17, 15) is 0 Å². The second-order valence-corrected chi connectivity index (χ2v) is 13.6. The number of benzene rings is 8. The summed E-state index contributed by atoms with van der Waals surface area (Å²) in [7, 11) is 0. The molecule has 3 nitrogen and oxygen atoms in total. The molecule has 2 aromatic heterocycles. The molecule has 3 heteroatoms. The van der Waals surface area contributed by atoms with Gasteiger partial charge < -0.3 is 0 Å². The van der Waals surface area contributed by atoms with E-state index in [2.05, 4.69) is 182 Å². The lowest BCUT2D eigenvalue weighted by Crippen LogP contribution is -2.01. The van der Waals surface area contributed by atoms with Gasteiger partial charge in [-0.15, -0.1) is 0 Å². The van der Waals surface area contributed by atoms with Crippen molar-refractivity contribution in [3.05, 3.63) is 200 Å². The van der Waals surface area contributed by atoms with Crippen molar-refractivity contribution < 1.29 is 0 Å². The Kier molecular flexibility index (Phi) is 7.81. The molecule has 0 saturated carbocycles. The summed E-state index contributed by atoms with van der Waals surface area (Å²) >= 11 is 0. The van der Waals surface area contributed by atoms with Gasteiger partial charge in [0.1, 0.15) is 0 Å². The fourth-order valence-corrected chi connectivity index (χ4v) is 7.71. The van der Waals surface area contributed by atoms with E-state index in [0.29, 0.717) is 5.82 Å². The van der Waals surface area contributed by atoms with Crippen molar-refractivity contribution in [3.8, 4) is 67.4 Å². The van der Waals surface area contributed by atoms with Gasteiger partial charge in [0, 0.05) is 44.0 Å². The van der Waals surface area contributed by atoms with Gasteiger partial charge >= 0.3 is 0 Å². The molecule has 0 saturated heterocycles. The highest BCUT2D eigenvalue weighted by Gasteiger charge is 2.22. The minimum atomic E-state index is 0.680. The first-order valence-electron chi connectivity index (χ1n) is 18.3. The van der Waals surface area contributed by atoms with Gasteiger partial charge in [-0.1, -0.05) is 182 Å². The smallest absolute Gasteiger partial charge is 0.160 e. The van der Waals surface area contributed by atoms with Gasteiger partial charge in [-0.2, -0.15) is 0 Å². The zero-order valence-electron chi connectivity index (χ0n) is 29.4. The van der Waals surface area contributed by atoms with Crippen molar-refractivity contribution in [2.24, 2.45) is 0 Å². The van der Waals surface area contributed by atoms with E-state index in [1.165, 1.54) is 16.2 Å². The van der Waals surface area contributed by atoms with Crippen LogP contribution in [0.2, 0.25) is 0 Å². The normalized spacial score (nSPS) is 11.3. The van der Waals surface area contributed by atoms with E-state index in [0.717, 1.165) is 77.9 Å². The Balaban J connectivity index is 1.23. The number of hydrogen-bond donors (Lipinski definition) is 0. The van der Waals surface area contributed by atoms with Crippen LogP contribution >= 0.6 is 0 Å². The van der Waals surface area contributed by atoms with Crippen LogP contribution in [0, 0.1) is 0 Å². The van der Waals surface area contributed by atoms with Crippen LogP contribution < -0.4 is 0 Å². The molecule has 8 aromatic carbocycles. The molecule has 54 heavy (non-hydrogen) atoms. The van der Waals surface area contributed by atoms with Crippen molar-refractivity contribution in [1.29, 1.82) is 0 Å². The summed E-state index contributed by atoms with van der Waals surface area (Å²) in [6.07, 6.45) is 0. The monoisotopic (exact) mass is 687 g/mol. The van der Waals surface area contributed by atoms with Crippen LogP contribution in [-0.4, -0.2) is 15.0 Å². The van der Waals surface area contributed by atoms with E-state index in [1.54, 1.807) is 0 Å². The van der Waals surface area contributed by atoms with Crippen LogP contribution in [0.5, 0.6) is 0 Å². The standard InChI is InChI=1S/C51H33N3/c1-4-16-34(17-5-1)38-23-14-26-41(32-38)51-53-49(36-19-6-2-7-20-36)46(50(54-51)37-21-8-3-9-22-37)39-24-15-25-40(33-39)48-44-31-30-35-18-10-11-27-42(35)47(44)43-28-12-13-29-45(43)52-48/h1-33H. The van der Waals surface area contributed by atoms with E-state index in [-0.39, 0.29) is 0 Å². The second-order valence-electron chi connectivity index (χ2n) is 13.6. The number of nitrogens with zero attached hydrogens (tertiary/aromatic N) is 3. The maximum absolute atomic E-state index is 5.41. The van der Waals surface area contributed by atoms with Gasteiger partial charge in [-0.3, -0.25) is 0 Å². The molecule has 0 fully saturated rings. The maximum Gasteiger partial charge on any atom is 0.160 e. The molecule has 0 spiro atoms. The van der Waals surface area contributed by atoms with Crippen LogP contribution in [0.3, 0.4) is 0 Å². The quantitative estimate of drug-likeness (QED) is 0.163. The number of aromatic nitrogens is 3. The predicted molar refractivity (Wildman–Crippen MR) is 225 cm³/mol. The summed E-state index contributed by atoms with van der Waals surface area (Å²) in [4.78, 5) is 16.2. The Hall–Kier alpha value is -7.23. The molecular weight excluding hydrogens is 655 g/mol. The summed E-state index contributed by atoms with van der Waals surface area (Å²) in [6, 6.07) is 70.2. The molecule has 0 bridgehead atoms. The van der Waals surface area contributed by atoms with Crippen molar-refractivity contribution >= 4 is 32.4 Å². The molecule has 0 atom stereocenters. The minimum absolute atomic E-state index is 0.680. The van der Waals surface area contributed by atoms with Crippen molar-refractivity contribution in [2.75, 3.05) is 0 Å². The van der Waals surface area contributed by atoms with E-state index in [4.69, 9.17) is 15.0 Å². The minimum Gasteiger partial charge on any atom is -0.247 e. The maximum atomic E-state index is 5.41. The Morgan fingerprint density at radius 2 is 0.796 bits per heavy atom. The highest BCUT2D eigenvalue weighted by Crippen LogP contribution is 2.42. The van der Waals surface area contributed by atoms with Crippen LogP contribution in [0.25, 0.3) is 99.9 Å². The van der Waals surface area contributed by atoms with Gasteiger partial charge in [0.2, 0.25) is 0 Å². The van der Waals surface area contributed by atoms with Crippen molar-refractivity contribution in [2.45, 2.75) is 0 Å². The van der Waals surface area contributed by atoms with Gasteiger partial charge in [-0.25, -0.2) is 15.0 Å². The molecule has 0 unspecified atom stereocenters. The zero-order chi connectivity index (χ0) is 35.8. The Morgan fingerprint density at radius 3 is 1.50 bits per heavy atom. The number of rotatable bonds is 6. The van der Waals surface area contributed by atoms with Gasteiger partial charge in [0.15, 0.2) is 5.82 Å². The largest absolute Gasteiger partial charge is 0.247 e. The lowest BCUT2D eigenvalue weighted by atomic mass is 9.91. The average molecular weight is 688 g/mol. The first kappa shape index (κ1) is 31.5. The molecule has 0 radical (unpaired) electrons. The Bertz CT molecular complexity index is 2900. The lowest BCUT2D eigenvalue weighted by molar-refractivity contribution is 1.18. The molecule has 0 aliphatic rings. The van der Waals surface area contributed by atoms with Gasteiger partial charge in [0.25, 0.3) is 0 Å². The number of hydrogen-bond acceptors (Lipinski definition) is 3. The van der Waals surface area contributed by atoms with E-state index in [1.807, 2.05) is 18.2 Å². The van der Waals surface area contributed by atoms with Crippen LogP contribution in [0.4, 0.5) is 0 Å². The molecular formula is C51H33N3. The van der Waals surface area contributed by atoms with Crippen LogP contribution in [-0.2, 0) is 0 Å². The fourth-order valence-electron chi connectivity index (χ4n) is 7.71. The Morgan fingerprint density at radius 1 is 0.278 bits per heavy atom. The summed E-state index contributed by atoms with van der Waals surface area (Å²) in [6.45, 7) is 0. The summed E-state index contributed by atoms with van der Waals surface area (Å²) in [5.41, 5.74) is 12.0. The highest BCUT2D eigenvalue weighted by atomic mass is 14.9. The third kappa shape index (κ3) is 5.60. The van der Waals surface area contributed by atoms with Crippen LogP contribution in [0.1, 0.15) is 0 Å². The first-order valence-corrected chi connectivity index (χ1v) is 18.3. The van der Waals surface area contributed by atoms with Gasteiger partial charge in [-0.05, 0) is 45.7 Å². The zero-order valence-corrected chi connectivity index (χ0v) is 29.4. The molecule has 0 aliphatic heterocycles. The Labute approximate surface area is 313 Å². The second kappa shape index (κ2) is 13.4. The molecule has 10 rings (SSSR count). The molecule has 0 N–H and O–H groups in total. The summed E-state index contributed by atoms with van der Waals surface area (Å²) in [5.74, 6) is 0.680. The van der Waals surface area contributed by atoms with Crippen molar-refractivity contribution in [3.63, 3.8) is 0 Å². The van der Waals surface area contributed by atoms with Gasteiger partial charge in [0.05, 0.1) is 22.6 Å². The third-order valence-electron chi connectivity index (χ3n) is 10.2. The molecule has 2 heterocycles. The number of pyridine rings is 1. The highest BCUT2D eigenvalue weighted by molar-refractivity contribution is 6.22. The fraction of sp³-hybridized carbons (Fsp3) is 0. The molecule has 0 amide bonds. The third-order valence-corrected chi connectivity index (χ3v) is 10.2. The summed E-state index contributed by atoms with van der Waals surface area (Å²) < 4.78 is 0. The summed E-state index contributed by atoms with van der Waals surface area (Å²) in [5, 5.41) is 5.94. The SMILES string of the molecule is c1ccc(-c2cccc(-c3nc(-c4ccccc4)c(-c4cccc(-c5nc6ccccc6c6c5ccc5ccccc56)c4)c(-c4ccccc4)n3)c2)cc1. The first-order chi connectivity index (χ1) is 26.8. The molecule has 10 aromatic rings. The molecule has 252 valence electrons. The number of para-hydroxylation sites is 1. The number of fused-ring (bicyclic) bond motifs is 5. The predicted octanol–water partition coefficient (Wildman–Crippen LogP) is 13.3. The van der Waals surface area contributed by atoms with E-state index < -0.39 is 0 Å². The van der Waals surface area contributed by atoms with Crippen LogP contribution in [0.15, 0.2) is 200 Å². The average Bonchev–Trinajstić information content (AvgIpc) is 3.26. The van der Waals surface area contributed by atoms with Crippen molar-refractivity contribution in [1.82, 2.24) is 15.0 Å². The topological polar surface area (TPSA) is 38.7 Å². The van der Waals surface area contributed by atoms with E-state index >= 15 is 0 Å². The lowest BCUT2D eigenvalue weighted by Gasteiger charge is -2.18. The molecule has 0 aliphatic carbocycles.